The lowest BCUT2D eigenvalue weighted by molar-refractivity contribution is -0.144. The highest BCUT2D eigenvalue weighted by molar-refractivity contribution is 5.69. The van der Waals surface area contributed by atoms with E-state index in [2.05, 4.69) is 15.4 Å². The van der Waals surface area contributed by atoms with Gasteiger partial charge in [-0.25, -0.2) is 0 Å². The highest BCUT2D eigenvalue weighted by atomic mass is 16.5. The fourth-order valence-corrected chi connectivity index (χ4v) is 2.66. The van der Waals surface area contributed by atoms with Crippen molar-refractivity contribution in [2.45, 2.75) is 44.8 Å². The van der Waals surface area contributed by atoms with Crippen molar-refractivity contribution in [3.63, 3.8) is 0 Å². The van der Waals surface area contributed by atoms with Gasteiger partial charge in [-0.1, -0.05) is 30.3 Å². The zero-order chi connectivity index (χ0) is 16.6. The number of hydrogen-bond donors (Lipinski definition) is 0. The summed E-state index contributed by atoms with van der Waals surface area (Å²) >= 11 is 0. The van der Waals surface area contributed by atoms with Crippen molar-refractivity contribution in [3.8, 4) is 11.4 Å². The quantitative estimate of drug-likeness (QED) is 0.545. The molecule has 24 heavy (non-hydrogen) atoms. The Morgan fingerprint density at radius 1 is 1.33 bits per heavy atom. The molecule has 0 aliphatic carbocycles. The van der Waals surface area contributed by atoms with Gasteiger partial charge in [0.1, 0.15) is 0 Å². The maximum atomic E-state index is 11.7. The molecular formula is C17H22N4O3. The Hall–Kier alpha value is -2.28. The maximum absolute atomic E-state index is 11.7. The predicted molar refractivity (Wildman–Crippen MR) is 87.0 cm³/mol. The second-order valence-electron chi connectivity index (χ2n) is 5.82. The van der Waals surface area contributed by atoms with Crippen molar-refractivity contribution >= 4 is 5.97 Å². The first kappa shape index (κ1) is 16.6. The summed E-state index contributed by atoms with van der Waals surface area (Å²) in [6.45, 7) is 1.75. The van der Waals surface area contributed by atoms with Crippen molar-refractivity contribution in [2.75, 3.05) is 13.2 Å². The van der Waals surface area contributed by atoms with Gasteiger partial charge in [0.15, 0.2) is 0 Å². The van der Waals surface area contributed by atoms with Crippen LogP contribution in [0.25, 0.3) is 11.4 Å². The van der Waals surface area contributed by atoms with E-state index in [1.165, 1.54) is 4.80 Å². The Bertz CT molecular complexity index is 638. The van der Waals surface area contributed by atoms with E-state index in [1.54, 1.807) is 0 Å². The zero-order valence-electron chi connectivity index (χ0n) is 13.6. The van der Waals surface area contributed by atoms with E-state index in [1.807, 2.05) is 30.3 Å². The molecule has 1 aromatic carbocycles. The van der Waals surface area contributed by atoms with Crippen LogP contribution < -0.4 is 0 Å². The van der Waals surface area contributed by atoms with Crippen LogP contribution in [0.3, 0.4) is 0 Å². The monoisotopic (exact) mass is 330 g/mol. The molecule has 1 aliphatic rings. The Morgan fingerprint density at radius 2 is 2.21 bits per heavy atom. The van der Waals surface area contributed by atoms with Crippen LogP contribution in [0.15, 0.2) is 30.3 Å². The van der Waals surface area contributed by atoms with Crippen LogP contribution in [0, 0.1) is 0 Å². The van der Waals surface area contributed by atoms with Crippen molar-refractivity contribution < 1.29 is 14.3 Å². The normalized spacial score (nSPS) is 17.1. The molecule has 1 aromatic heterocycles. The minimum atomic E-state index is -0.165. The summed E-state index contributed by atoms with van der Waals surface area (Å²) in [7, 11) is 0. The maximum Gasteiger partial charge on any atom is 0.305 e. The average molecular weight is 330 g/mol. The molecule has 128 valence electrons. The molecule has 1 aliphatic heterocycles. The van der Waals surface area contributed by atoms with Crippen LogP contribution in [0.5, 0.6) is 0 Å². The van der Waals surface area contributed by atoms with Crippen molar-refractivity contribution in [2.24, 2.45) is 0 Å². The number of nitrogens with zero attached hydrogens (tertiary/aromatic N) is 4. The first-order chi connectivity index (χ1) is 11.8. The number of carbonyl (C=O) groups excluding carboxylic acids is 1. The number of carbonyl (C=O) groups is 1. The van der Waals surface area contributed by atoms with E-state index in [0.29, 0.717) is 31.8 Å². The summed E-state index contributed by atoms with van der Waals surface area (Å²) in [4.78, 5) is 13.2. The van der Waals surface area contributed by atoms with Crippen LogP contribution in [-0.4, -0.2) is 45.5 Å². The van der Waals surface area contributed by atoms with E-state index < -0.39 is 0 Å². The van der Waals surface area contributed by atoms with Crippen molar-refractivity contribution in [3.05, 3.63) is 30.3 Å². The number of esters is 1. The third-order valence-electron chi connectivity index (χ3n) is 3.94. The van der Waals surface area contributed by atoms with E-state index in [4.69, 9.17) is 9.47 Å². The predicted octanol–water partition coefficient (Wildman–Crippen LogP) is 2.23. The van der Waals surface area contributed by atoms with E-state index in [-0.39, 0.29) is 12.1 Å². The number of benzene rings is 1. The van der Waals surface area contributed by atoms with Gasteiger partial charge in [0, 0.05) is 25.0 Å². The van der Waals surface area contributed by atoms with Crippen molar-refractivity contribution in [1.29, 1.82) is 0 Å². The molecule has 0 N–H and O–H groups in total. The molecule has 1 atom stereocenters. The molecule has 3 rings (SSSR count). The van der Waals surface area contributed by atoms with Gasteiger partial charge in [-0.05, 0) is 24.5 Å². The number of hydrogen-bond acceptors (Lipinski definition) is 6. The number of aryl methyl sites for hydroxylation is 1. The highest BCUT2D eigenvalue weighted by Crippen LogP contribution is 2.17. The first-order valence-electron chi connectivity index (χ1n) is 8.42. The van der Waals surface area contributed by atoms with Gasteiger partial charge < -0.3 is 9.47 Å². The van der Waals surface area contributed by atoms with Crippen LogP contribution in [0.2, 0.25) is 0 Å². The van der Waals surface area contributed by atoms with E-state index >= 15 is 0 Å². The van der Waals surface area contributed by atoms with Crippen LogP contribution in [0.4, 0.5) is 0 Å². The Balaban J connectivity index is 1.33. The smallest absolute Gasteiger partial charge is 0.305 e. The first-order valence-corrected chi connectivity index (χ1v) is 8.42. The van der Waals surface area contributed by atoms with E-state index in [0.717, 1.165) is 31.4 Å². The summed E-state index contributed by atoms with van der Waals surface area (Å²) in [6.07, 6.45) is 4.21. The Labute approximate surface area is 141 Å². The van der Waals surface area contributed by atoms with E-state index in [9.17, 15) is 4.79 Å². The van der Waals surface area contributed by atoms with Gasteiger partial charge in [-0.2, -0.15) is 4.80 Å². The molecule has 0 radical (unpaired) electrons. The number of ether oxygens (including phenoxy) is 2. The second kappa shape index (κ2) is 8.54. The van der Waals surface area contributed by atoms with Gasteiger partial charge in [0.25, 0.3) is 0 Å². The standard InChI is InChI=1S/C17H22N4O3/c22-16(10-9-15-8-4-12-23-15)24-13-5-11-21-19-17(18-20-21)14-6-2-1-3-7-14/h1-3,6-7,15H,4-5,8-13H2. The molecular weight excluding hydrogens is 308 g/mol. The Morgan fingerprint density at radius 3 is 3.00 bits per heavy atom. The molecule has 2 heterocycles. The van der Waals surface area contributed by atoms with Gasteiger partial charge in [0.2, 0.25) is 5.82 Å². The second-order valence-corrected chi connectivity index (χ2v) is 5.82. The zero-order valence-corrected chi connectivity index (χ0v) is 13.6. The lowest BCUT2D eigenvalue weighted by Crippen LogP contribution is -2.13. The number of tetrazole rings is 1. The van der Waals surface area contributed by atoms with Gasteiger partial charge in [-0.3, -0.25) is 4.79 Å². The van der Waals surface area contributed by atoms with Crippen LogP contribution in [0.1, 0.15) is 32.1 Å². The van der Waals surface area contributed by atoms with Gasteiger partial charge >= 0.3 is 5.97 Å². The summed E-state index contributed by atoms with van der Waals surface area (Å²) in [5, 5.41) is 12.4. The number of aromatic nitrogens is 4. The molecule has 1 fully saturated rings. The topological polar surface area (TPSA) is 79.1 Å². The fraction of sp³-hybridized carbons (Fsp3) is 0.529. The molecule has 0 saturated carbocycles. The minimum absolute atomic E-state index is 0.165. The molecule has 7 nitrogen and oxygen atoms in total. The number of rotatable bonds is 8. The average Bonchev–Trinajstić information content (AvgIpc) is 3.29. The molecule has 2 aromatic rings. The molecule has 7 heteroatoms. The van der Waals surface area contributed by atoms with Gasteiger partial charge in [-0.15, -0.1) is 10.2 Å². The SMILES string of the molecule is O=C(CCC1CCCO1)OCCCn1nnc(-c2ccccc2)n1. The largest absolute Gasteiger partial charge is 0.466 e. The summed E-state index contributed by atoms with van der Waals surface area (Å²) in [6, 6.07) is 9.70. The molecule has 1 unspecified atom stereocenters. The van der Waals surface area contributed by atoms with Crippen LogP contribution in [-0.2, 0) is 20.8 Å². The third-order valence-corrected chi connectivity index (χ3v) is 3.94. The summed E-state index contributed by atoms with van der Waals surface area (Å²) in [5.74, 6) is 0.436. The third kappa shape index (κ3) is 4.86. The minimum Gasteiger partial charge on any atom is -0.466 e. The van der Waals surface area contributed by atoms with Crippen LogP contribution >= 0.6 is 0 Å². The van der Waals surface area contributed by atoms with Crippen molar-refractivity contribution in [1.82, 2.24) is 20.2 Å². The molecule has 0 amide bonds. The lowest BCUT2D eigenvalue weighted by atomic mass is 10.1. The fourth-order valence-electron chi connectivity index (χ4n) is 2.66. The Kier molecular flexibility index (Phi) is 5.90. The summed E-state index contributed by atoms with van der Waals surface area (Å²) in [5.41, 5.74) is 0.935. The molecule has 0 spiro atoms. The summed E-state index contributed by atoms with van der Waals surface area (Å²) < 4.78 is 10.7. The molecule has 1 saturated heterocycles. The molecule has 0 bridgehead atoms. The highest BCUT2D eigenvalue weighted by Gasteiger charge is 2.17. The lowest BCUT2D eigenvalue weighted by Gasteiger charge is -2.08. The van der Waals surface area contributed by atoms with Gasteiger partial charge in [0.05, 0.1) is 19.3 Å².